The number of halogens is 1. The number of hydrogen-bond donors (Lipinski definition) is 1. The van der Waals surface area contributed by atoms with Crippen molar-refractivity contribution in [3.63, 3.8) is 0 Å². The molecule has 9 heteroatoms. The Kier molecular flexibility index (Phi) is 4.63. The van der Waals surface area contributed by atoms with Gasteiger partial charge < -0.3 is 14.5 Å². The Hall–Kier alpha value is -2.99. The molecule has 0 aliphatic carbocycles. The van der Waals surface area contributed by atoms with Gasteiger partial charge in [-0.3, -0.25) is 4.90 Å². The summed E-state index contributed by atoms with van der Waals surface area (Å²) in [4.78, 5) is 17.8. The van der Waals surface area contributed by atoms with E-state index in [1.807, 2.05) is 6.07 Å². The minimum Gasteiger partial charge on any atom is -0.443 e. The van der Waals surface area contributed by atoms with E-state index in [2.05, 4.69) is 10.3 Å². The summed E-state index contributed by atoms with van der Waals surface area (Å²) in [5.41, 5.74) is 0.526. The second kappa shape index (κ2) is 6.86. The SMILES string of the molecule is CC(=S)NCC1CN(c2ccc(-c3nc(C#N)co3)c(F)c2)C(=O)O1. The molecule has 0 saturated carbocycles. The lowest BCUT2D eigenvalue weighted by molar-refractivity contribution is 0.143. The van der Waals surface area contributed by atoms with Crippen LogP contribution in [0, 0.1) is 17.1 Å². The maximum atomic E-state index is 14.4. The highest BCUT2D eigenvalue weighted by atomic mass is 32.1. The van der Waals surface area contributed by atoms with Crippen molar-refractivity contribution in [1.82, 2.24) is 10.3 Å². The van der Waals surface area contributed by atoms with Crippen LogP contribution in [0.5, 0.6) is 0 Å². The smallest absolute Gasteiger partial charge is 0.414 e. The highest BCUT2D eigenvalue weighted by Crippen LogP contribution is 2.28. The Morgan fingerprint density at radius 3 is 3.04 bits per heavy atom. The maximum Gasteiger partial charge on any atom is 0.414 e. The molecule has 0 bridgehead atoms. The largest absolute Gasteiger partial charge is 0.443 e. The second-order valence-electron chi connectivity index (χ2n) is 5.37. The molecule has 7 nitrogen and oxygen atoms in total. The van der Waals surface area contributed by atoms with Crippen molar-refractivity contribution in [2.45, 2.75) is 13.0 Å². The number of nitrogens with one attached hydrogen (secondary N) is 1. The van der Waals surface area contributed by atoms with Crippen molar-refractivity contribution in [2.75, 3.05) is 18.0 Å². The fourth-order valence-electron chi connectivity index (χ4n) is 2.39. The number of oxazole rings is 1. The van der Waals surface area contributed by atoms with Crippen molar-refractivity contribution in [2.24, 2.45) is 0 Å². The number of thiocarbonyl (C=S) groups is 1. The molecule has 1 N–H and O–H groups in total. The summed E-state index contributed by atoms with van der Waals surface area (Å²) >= 11 is 4.92. The average molecular weight is 360 g/mol. The van der Waals surface area contributed by atoms with E-state index in [4.69, 9.17) is 26.6 Å². The molecule has 1 aliphatic rings. The number of carbonyl (C=O) groups is 1. The summed E-state index contributed by atoms with van der Waals surface area (Å²) in [7, 11) is 0. The van der Waals surface area contributed by atoms with Gasteiger partial charge in [-0.25, -0.2) is 9.18 Å². The Balaban J connectivity index is 1.77. The highest BCUT2D eigenvalue weighted by molar-refractivity contribution is 7.80. The third kappa shape index (κ3) is 3.59. The number of ether oxygens (including phenoxy) is 1. The van der Waals surface area contributed by atoms with Gasteiger partial charge in [0, 0.05) is 0 Å². The van der Waals surface area contributed by atoms with Crippen molar-refractivity contribution in [3.8, 4) is 17.5 Å². The fourth-order valence-corrected chi connectivity index (χ4v) is 2.47. The van der Waals surface area contributed by atoms with Gasteiger partial charge in [0.25, 0.3) is 0 Å². The number of carbonyl (C=O) groups excluding carboxylic acids is 1. The lowest BCUT2D eigenvalue weighted by Crippen LogP contribution is -2.32. The van der Waals surface area contributed by atoms with Gasteiger partial charge in [0.15, 0.2) is 5.69 Å². The predicted molar refractivity (Wildman–Crippen MR) is 90.5 cm³/mol. The van der Waals surface area contributed by atoms with Crippen LogP contribution < -0.4 is 10.2 Å². The van der Waals surface area contributed by atoms with Crippen LogP contribution in [0.3, 0.4) is 0 Å². The molecule has 1 aliphatic heterocycles. The molecule has 0 spiro atoms. The van der Waals surface area contributed by atoms with Crippen LogP contribution in [0.1, 0.15) is 12.6 Å². The first-order valence-corrected chi connectivity index (χ1v) is 7.77. The van der Waals surface area contributed by atoms with Crippen LogP contribution in [-0.4, -0.2) is 35.3 Å². The minimum atomic E-state index is -0.618. The lowest BCUT2D eigenvalue weighted by atomic mass is 10.1. The summed E-state index contributed by atoms with van der Waals surface area (Å²) in [6.45, 7) is 2.41. The van der Waals surface area contributed by atoms with Gasteiger partial charge in [0.1, 0.15) is 24.3 Å². The number of anilines is 1. The number of rotatable bonds is 4. The van der Waals surface area contributed by atoms with Gasteiger partial charge in [-0.15, -0.1) is 0 Å². The van der Waals surface area contributed by atoms with Gasteiger partial charge in [-0.2, -0.15) is 10.2 Å². The van der Waals surface area contributed by atoms with Gasteiger partial charge in [0.05, 0.1) is 29.3 Å². The van der Waals surface area contributed by atoms with Crippen molar-refractivity contribution >= 4 is 29.0 Å². The third-order valence-electron chi connectivity index (χ3n) is 3.57. The number of hydrogen-bond acceptors (Lipinski definition) is 6. The first-order valence-electron chi connectivity index (χ1n) is 7.36. The predicted octanol–water partition coefficient (Wildman–Crippen LogP) is 2.61. The first-order chi connectivity index (χ1) is 12.0. The molecule has 1 aromatic carbocycles. The molecule has 2 heterocycles. The van der Waals surface area contributed by atoms with Crippen LogP contribution >= 0.6 is 12.2 Å². The number of nitrogens with zero attached hydrogens (tertiary/aromatic N) is 3. The van der Waals surface area contributed by atoms with Crippen LogP contribution in [-0.2, 0) is 4.74 Å². The second-order valence-corrected chi connectivity index (χ2v) is 5.98. The van der Waals surface area contributed by atoms with E-state index in [9.17, 15) is 9.18 Å². The molecule has 0 radical (unpaired) electrons. The summed E-state index contributed by atoms with van der Waals surface area (Å²) in [6, 6.07) is 6.02. The Morgan fingerprint density at radius 1 is 1.60 bits per heavy atom. The van der Waals surface area contributed by atoms with E-state index < -0.39 is 11.9 Å². The van der Waals surface area contributed by atoms with E-state index in [1.165, 1.54) is 17.0 Å². The van der Waals surface area contributed by atoms with E-state index in [1.54, 1.807) is 13.0 Å². The quantitative estimate of drug-likeness (QED) is 0.838. The molecule has 1 amide bonds. The van der Waals surface area contributed by atoms with E-state index in [-0.39, 0.29) is 29.8 Å². The zero-order valence-corrected chi connectivity index (χ0v) is 14.0. The van der Waals surface area contributed by atoms with E-state index in [0.29, 0.717) is 17.2 Å². The molecular weight excluding hydrogens is 347 g/mol. The Morgan fingerprint density at radius 2 is 2.40 bits per heavy atom. The van der Waals surface area contributed by atoms with Crippen molar-refractivity contribution in [1.29, 1.82) is 5.26 Å². The van der Waals surface area contributed by atoms with Crippen LogP contribution in [0.4, 0.5) is 14.9 Å². The van der Waals surface area contributed by atoms with Gasteiger partial charge in [-0.1, -0.05) is 12.2 Å². The topological polar surface area (TPSA) is 91.4 Å². The molecule has 25 heavy (non-hydrogen) atoms. The normalized spacial score (nSPS) is 16.4. The van der Waals surface area contributed by atoms with E-state index >= 15 is 0 Å². The maximum absolute atomic E-state index is 14.4. The number of cyclic esters (lactones) is 1. The average Bonchev–Trinajstić information content (AvgIpc) is 3.19. The standard InChI is InChI=1S/C16H13FN4O3S/c1-9(25)19-6-12-7-21(16(22)24-12)11-2-3-13(14(17)4-11)15-20-10(5-18)8-23-15/h2-4,8,12H,6-7H2,1H3,(H,19,25). The molecular formula is C16H13FN4O3S. The minimum absolute atomic E-state index is 0.00290. The Bertz CT molecular complexity index is 877. The highest BCUT2D eigenvalue weighted by Gasteiger charge is 2.32. The van der Waals surface area contributed by atoms with Crippen molar-refractivity contribution < 1.29 is 18.3 Å². The summed E-state index contributed by atoms with van der Waals surface area (Å²) < 4.78 is 24.7. The van der Waals surface area contributed by atoms with Crippen LogP contribution in [0.15, 0.2) is 28.9 Å². The Labute approximate surface area is 148 Å². The number of benzene rings is 1. The summed E-state index contributed by atoms with van der Waals surface area (Å²) in [5.74, 6) is -0.615. The van der Waals surface area contributed by atoms with Gasteiger partial charge in [-0.05, 0) is 25.1 Å². The number of aromatic nitrogens is 1. The molecule has 2 aromatic rings. The first kappa shape index (κ1) is 16.9. The summed E-state index contributed by atoms with van der Waals surface area (Å²) in [5, 5.41) is 11.7. The lowest BCUT2D eigenvalue weighted by Gasteiger charge is -2.14. The van der Waals surface area contributed by atoms with Gasteiger partial charge in [0.2, 0.25) is 5.89 Å². The molecule has 1 aromatic heterocycles. The summed E-state index contributed by atoms with van der Waals surface area (Å²) in [6.07, 6.45) is 0.220. The zero-order valence-electron chi connectivity index (χ0n) is 13.2. The van der Waals surface area contributed by atoms with Gasteiger partial charge >= 0.3 is 6.09 Å². The molecule has 1 fully saturated rings. The number of nitriles is 1. The number of amides is 1. The van der Waals surface area contributed by atoms with Crippen molar-refractivity contribution in [3.05, 3.63) is 36.0 Å². The molecule has 1 unspecified atom stereocenters. The zero-order chi connectivity index (χ0) is 18.0. The van der Waals surface area contributed by atoms with Crippen LogP contribution in [0.2, 0.25) is 0 Å². The molecule has 1 saturated heterocycles. The molecule has 1 atom stereocenters. The third-order valence-corrected chi connectivity index (χ3v) is 3.71. The monoisotopic (exact) mass is 360 g/mol. The molecule has 128 valence electrons. The molecule has 3 rings (SSSR count). The van der Waals surface area contributed by atoms with E-state index in [0.717, 1.165) is 6.26 Å². The van der Waals surface area contributed by atoms with Crippen LogP contribution in [0.25, 0.3) is 11.5 Å². The fraction of sp³-hybridized carbons (Fsp3) is 0.250.